The highest BCUT2D eigenvalue weighted by atomic mass is 16.5. The van der Waals surface area contributed by atoms with Crippen LogP contribution in [0.1, 0.15) is 35.7 Å². The molecule has 2 aromatic rings. The van der Waals surface area contributed by atoms with E-state index in [1.165, 1.54) is 0 Å². The first kappa shape index (κ1) is 15.3. The summed E-state index contributed by atoms with van der Waals surface area (Å²) in [7, 11) is 0. The van der Waals surface area contributed by atoms with Crippen molar-refractivity contribution < 1.29 is 9.53 Å². The molecule has 1 unspecified atom stereocenters. The predicted molar refractivity (Wildman–Crippen MR) is 84.7 cm³/mol. The Morgan fingerprint density at radius 2 is 1.67 bits per heavy atom. The van der Waals surface area contributed by atoms with E-state index in [0.717, 1.165) is 18.6 Å². The Kier molecular flexibility index (Phi) is 5.52. The van der Waals surface area contributed by atoms with Gasteiger partial charge in [-0.05, 0) is 43.7 Å². The lowest BCUT2D eigenvalue weighted by Gasteiger charge is -2.16. The van der Waals surface area contributed by atoms with E-state index in [0.29, 0.717) is 17.7 Å². The molecule has 0 fully saturated rings. The molecule has 0 saturated heterocycles. The second-order valence-electron chi connectivity index (χ2n) is 4.94. The van der Waals surface area contributed by atoms with Crippen molar-refractivity contribution in [2.45, 2.75) is 25.9 Å². The van der Waals surface area contributed by atoms with Crippen LogP contribution in [0, 0.1) is 0 Å². The lowest BCUT2D eigenvalue weighted by atomic mass is 10.0. The van der Waals surface area contributed by atoms with Gasteiger partial charge < -0.3 is 10.5 Å². The zero-order valence-corrected chi connectivity index (χ0v) is 12.3. The molecular formula is C18H21NO2. The normalized spacial score (nSPS) is 11.9. The molecule has 3 nitrogen and oxygen atoms in total. The third-order valence-electron chi connectivity index (χ3n) is 3.40. The molecule has 2 rings (SSSR count). The predicted octanol–water partition coefficient (Wildman–Crippen LogP) is 3.42. The standard InChI is InChI=1S/C18H21NO2/c1-2-16(12-13-19)21-17-10-8-15(9-11-17)18(20)14-6-4-3-5-7-14/h3-11,16H,2,12-13,19H2,1H3. The van der Waals surface area contributed by atoms with Crippen LogP contribution in [-0.2, 0) is 0 Å². The van der Waals surface area contributed by atoms with Crippen molar-refractivity contribution in [1.29, 1.82) is 0 Å². The number of ketones is 1. The summed E-state index contributed by atoms with van der Waals surface area (Å²) >= 11 is 0. The van der Waals surface area contributed by atoms with Crippen LogP contribution in [0.3, 0.4) is 0 Å². The number of carbonyl (C=O) groups is 1. The summed E-state index contributed by atoms with van der Waals surface area (Å²) in [6.45, 7) is 2.69. The van der Waals surface area contributed by atoms with Gasteiger partial charge >= 0.3 is 0 Å². The minimum atomic E-state index is 0.0242. The van der Waals surface area contributed by atoms with Crippen molar-refractivity contribution in [3.8, 4) is 5.75 Å². The van der Waals surface area contributed by atoms with Crippen LogP contribution in [0.2, 0.25) is 0 Å². The molecule has 0 heterocycles. The van der Waals surface area contributed by atoms with Gasteiger partial charge in [0.15, 0.2) is 5.78 Å². The molecule has 0 radical (unpaired) electrons. The number of hydrogen-bond donors (Lipinski definition) is 1. The molecule has 2 N–H and O–H groups in total. The Labute approximate surface area is 125 Å². The summed E-state index contributed by atoms with van der Waals surface area (Å²) in [4.78, 5) is 12.3. The van der Waals surface area contributed by atoms with Crippen molar-refractivity contribution in [2.75, 3.05) is 6.54 Å². The Balaban J connectivity index is 2.07. The number of benzene rings is 2. The van der Waals surface area contributed by atoms with E-state index in [2.05, 4.69) is 6.92 Å². The Hall–Kier alpha value is -2.13. The molecule has 110 valence electrons. The van der Waals surface area contributed by atoms with Gasteiger partial charge in [-0.1, -0.05) is 37.3 Å². The van der Waals surface area contributed by atoms with Gasteiger partial charge in [0.05, 0.1) is 6.10 Å². The molecule has 0 aliphatic carbocycles. The molecular weight excluding hydrogens is 262 g/mol. The van der Waals surface area contributed by atoms with Gasteiger partial charge in [-0.25, -0.2) is 0 Å². The van der Waals surface area contributed by atoms with Crippen LogP contribution in [0.5, 0.6) is 5.75 Å². The van der Waals surface area contributed by atoms with Crippen LogP contribution in [0.4, 0.5) is 0 Å². The fourth-order valence-corrected chi connectivity index (χ4v) is 2.17. The zero-order chi connectivity index (χ0) is 15.1. The molecule has 0 aliphatic heterocycles. The van der Waals surface area contributed by atoms with Gasteiger partial charge in [0.1, 0.15) is 5.75 Å². The third-order valence-corrected chi connectivity index (χ3v) is 3.40. The van der Waals surface area contributed by atoms with Crippen LogP contribution < -0.4 is 10.5 Å². The van der Waals surface area contributed by atoms with Gasteiger partial charge in [0, 0.05) is 11.1 Å². The van der Waals surface area contributed by atoms with Crippen molar-refractivity contribution in [3.05, 3.63) is 65.7 Å². The van der Waals surface area contributed by atoms with Crippen LogP contribution in [-0.4, -0.2) is 18.4 Å². The van der Waals surface area contributed by atoms with E-state index < -0.39 is 0 Å². The topological polar surface area (TPSA) is 52.3 Å². The minimum absolute atomic E-state index is 0.0242. The van der Waals surface area contributed by atoms with Gasteiger partial charge in [0.25, 0.3) is 0 Å². The maximum atomic E-state index is 12.3. The number of hydrogen-bond acceptors (Lipinski definition) is 3. The largest absolute Gasteiger partial charge is 0.490 e. The number of carbonyl (C=O) groups excluding carboxylic acids is 1. The molecule has 0 amide bonds. The summed E-state index contributed by atoms with van der Waals surface area (Å²) < 4.78 is 5.85. The molecule has 0 aliphatic rings. The molecule has 0 saturated carbocycles. The summed E-state index contributed by atoms with van der Waals surface area (Å²) in [5.41, 5.74) is 6.92. The summed E-state index contributed by atoms with van der Waals surface area (Å²) in [6.07, 6.45) is 1.88. The van der Waals surface area contributed by atoms with Gasteiger partial charge in [0.2, 0.25) is 0 Å². The van der Waals surface area contributed by atoms with Gasteiger partial charge in [-0.2, -0.15) is 0 Å². The second kappa shape index (κ2) is 7.60. The van der Waals surface area contributed by atoms with Crippen LogP contribution in [0.15, 0.2) is 54.6 Å². The van der Waals surface area contributed by atoms with Crippen molar-refractivity contribution in [1.82, 2.24) is 0 Å². The van der Waals surface area contributed by atoms with Crippen molar-refractivity contribution >= 4 is 5.78 Å². The molecule has 0 spiro atoms. The molecule has 1 atom stereocenters. The molecule has 2 aromatic carbocycles. The highest BCUT2D eigenvalue weighted by molar-refractivity contribution is 6.08. The number of rotatable bonds is 7. The van der Waals surface area contributed by atoms with E-state index in [1.807, 2.05) is 42.5 Å². The first-order valence-electron chi connectivity index (χ1n) is 7.31. The van der Waals surface area contributed by atoms with Crippen molar-refractivity contribution in [2.24, 2.45) is 5.73 Å². The lowest BCUT2D eigenvalue weighted by molar-refractivity contribution is 0.103. The minimum Gasteiger partial charge on any atom is -0.490 e. The summed E-state index contributed by atoms with van der Waals surface area (Å²) in [5, 5.41) is 0. The maximum absolute atomic E-state index is 12.3. The first-order chi connectivity index (χ1) is 10.2. The van der Waals surface area contributed by atoms with E-state index in [1.54, 1.807) is 12.1 Å². The van der Waals surface area contributed by atoms with E-state index in [4.69, 9.17) is 10.5 Å². The number of nitrogens with two attached hydrogens (primary N) is 1. The van der Waals surface area contributed by atoms with Crippen LogP contribution >= 0.6 is 0 Å². The molecule has 0 bridgehead atoms. The summed E-state index contributed by atoms with van der Waals surface area (Å²) in [5.74, 6) is 0.802. The Bertz CT molecular complexity index is 564. The Morgan fingerprint density at radius 3 is 2.24 bits per heavy atom. The first-order valence-corrected chi connectivity index (χ1v) is 7.31. The third kappa shape index (κ3) is 4.17. The number of ether oxygens (including phenoxy) is 1. The smallest absolute Gasteiger partial charge is 0.193 e. The molecule has 21 heavy (non-hydrogen) atoms. The molecule has 3 heteroatoms. The fraction of sp³-hybridized carbons (Fsp3) is 0.278. The quantitative estimate of drug-likeness (QED) is 0.792. The van der Waals surface area contributed by atoms with Gasteiger partial charge in [-0.3, -0.25) is 4.79 Å². The summed E-state index contributed by atoms with van der Waals surface area (Å²) in [6, 6.07) is 16.6. The fourth-order valence-electron chi connectivity index (χ4n) is 2.17. The average molecular weight is 283 g/mol. The molecule has 0 aromatic heterocycles. The van der Waals surface area contributed by atoms with E-state index >= 15 is 0 Å². The Morgan fingerprint density at radius 1 is 1.05 bits per heavy atom. The zero-order valence-electron chi connectivity index (χ0n) is 12.3. The SMILES string of the molecule is CCC(CCN)Oc1ccc(C(=O)c2ccccc2)cc1. The van der Waals surface area contributed by atoms with E-state index in [9.17, 15) is 4.79 Å². The maximum Gasteiger partial charge on any atom is 0.193 e. The highest BCUT2D eigenvalue weighted by Gasteiger charge is 2.10. The second-order valence-corrected chi connectivity index (χ2v) is 4.94. The van der Waals surface area contributed by atoms with Crippen molar-refractivity contribution in [3.63, 3.8) is 0 Å². The monoisotopic (exact) mass is 283 g/mol. The average Bonchev–Trinajstić information content (AvgIpc) is 2.55. The lowest BCUT2D eigenvalue weighted by Crippen LogP contribution is -2.19. The highest BCUT2D eigenvalue weighted by Crippen LogP contribution is 2.18. The van der Waals surface area contributed by atoms with E-state index in [-0.39, 0.29) is 11.9 Å². The van der Waals surface area contributed by atoms with Gasteiger partial charge in [-0.15, -0.1) is 0 Å². The van der Waals surface area contributed by atoms with Crippen LogP contribution in [0.25, 0.3) is 0 Å².